The van der Waals surface area contributed by atoms with Crippen LogP contribution in [0.2, 0.25) is 0 Å². The lowest BCUT2D eigenvalue weighted by atomic mass is 10.5. The zero-order valence-corrected chi connectivity index (χ0v) is 11.6. The fourth-order valence-electron chi connectivity index (χ4n) is 1.62. The van der Waals surface area contributed by atoms with Crippen molar-refractivity contribution in [2.24, 2.45) is 0 Å². The average Bonchev–Trinajstić information content (AvgIpc) is 2.96. The number of thiophene rings is 3. The molecule has 0 spiro atoms. The van der Waals surface area contributed by atoms with Crippen LogP contribution in [0.5, 0.6) is 0 Å². The van der Waals surface area contributed by atoms with Crippen molar-refractivity contribution >= 4 is 47.2 Å². The Balaban J connectivity index is 2.45. The molecule has 0 N–H and O–H groups in total. The minimum Gasteiger partial charge on any atom is -0.136 e. The lowest BCUT2D eigenvalue weighted by Gasteiger charge is -1.72. The molecule has 0 aliphatic heterocycles. The van der Waals surface area contributed by atoms with E-state index < -0.39 is 0 Å². The highest BCUT2D eigenvalue weighted by Gasteiger charge is 1.91. The van der Waals surface area contributed by atoms with Crippen LogP contribution in [0, 0.1) is 18.1 Å². The molecule has 0 saturated carbocycles. The fraction of sp³-hybridized carbons (Fsp3) is 0. The van der Waals surface area contributed by atoms with Crippen LogP contribution >= 0.6 is 34.0 Å². The second kappa shape index (κ2) is 4.26. The first-order chi connectivity index (χ1) is 8.22. The van der Waals surface area contributed by atoms with Gasteiger partial charge in [-0.2, -0.15) is 0 Å². The van der Waals surface area contributed by atoms with E-state index in [1.807, 2.05) is 11.3 Å². The number of rotatable bonds is 0. The smallest absolute Gasteiger partial charge is 0.0449 e. The minimum atomic E-state index is 1.12. The molecule has 0 saturated heterocycles. The predicted molar refractivity (Wildman–Crippen MR) is 78.6 cm³/mol. The van der Waals surface area contributed by atoms with Crippen molar-refractivity contribution in [2.75, 3.05) is 0 Å². The van der Waals surface area contributed by atoms with E-state index in [4.69, 9.17) is 0 Å². The lowest BCUT2D eigenvalue weighted by molar-refractivity contribution is 1.74. The maximum absolute atomic E-state index is 3.95. The maximum Gasteiger partial charge on any atom is 0.0449 e. The summed E-state index contributed by atoms with van der Waals surface area (Å²) < 4.78 is 7.48. The Morgan fingerprint density at radius 3 is 1.24 bits per heavy atom. The van der Waals surface area contributed by atoms with Gasteiger partial charge in [0.25, 0.3) is 0 Å². The van der Waals surface area contributed by atoms with Gasteiger partial charge in [-0.3, -0.25) is 0 Å². The number of hydrogen-bond acceptors (Lipinski definition) is 3. The quantitative estimate of drug-likeness (QED) is 0.590. The van der Waals surface area contributed by atoms with E-state index in [9.17, 15) is 0 Å². The van der Waals surface area contributed by atoms with Gasteiger partial charge in [0.15, 0.2) is 0 Å². The van der Waals surface area contributed by atoms with Crippen molar-refractivity contribution in [3.05, 3.63) is 63.6 Å². The monoisotopic (exact) mass is 274 g/mol. The standard InChI is InChI=1S/C14H10S3/c1-9-3-5-11(15-9)13-7-8-14(17-13)12-6-4-10(2)16-12/h3-8H,1-2H2/b13-11+,14-12+. The summed E-state index contributed by atoms with van der Waals surface area (Å²) in [5, 5.41) is 0. The third-order valence-corrected chi connectivity index (χ3v) is 5.77. The van der Waals surface area contributed by atoms with Crippen LogP contribution in [0.4, 0.5) is 0 Å². The van der Waals surface area contributed by atoms with E-state index >= 15 is 0 Å². The van der Waals surface area contributed by atoms with E-state index in [-0.39, 0.29) is 0 Å². The largest absolute Gasteiger partial charge is 0.136 e. The van der Waals surface area contributed by atoms with Crippen molar-refractivity contribution < 1.29 is 0 Å². The van der Waals surface area contributed by atoms with Crippen LogP contribution in [0.25, 0.3) is 13.2 Å². The molecule has 3 heteroatoms. The van der Waals surface area contributed by atoms with E-state index in [0.29, 0.717) is 0 Å². The van der Waals surface area contributed by atoms with Gasteiger partial charge in [0.1, 0.15) is 0 Å². The molecule has 3 aromatic rings. The maximum atomic E-state index is 3.95. The van der Waals surface area contributed by atoms with Gasteiger partial charge in [0, 0.05) is 27.2 Å². The van der Waals surface area contributed by atoms with Gasteiger partial charge >= 0.3 is 0 Å². The van der Waals surface area contributed by atoms with Crippen molar-refractivity contribution in [3.8, 4) is 0 Å². The lowest BCUT2D eigenvalue weighted by Crippen LogP contribution is -1.78. The summed E-state index contributed by atoms with van der Waals surface area (Å²) in [6.07, 6.45) is 0. The van der Waals surface area contributed by atoms with E-state index in [2.05, 4.69) is 49.6 Å². The van der Waals surface area contributed by atoms with Crippen molar-refractivity contribution in [1.82, 2.24) is 0 Å². The van der Waals surface area contributed by atoms with Crippen LogP contribution in [-0.2, 0) is 0 Å². The fourth-order valence-corrected chi connectivity index (χ4v) is 4.42. The van der Waals surface area contributed by atoms with Crippen LogP contribution in [0.3, 0.4) is 0 Å². The van der Waals surface area contributed by atoms with E-state index in [1.54, 1.807) is 22.7 Å². The molecular weight excluding hydrogens is 264 g/mol. The van der Waals surface area contributed by atoms with Gasteiger partial charge in [0.2, 0.25) is 0 Å². The molecule has 0 aromatic carbocycles. The summed E-state index contributed by atoms with van der Waals surface area (Å²) in [5.74, 6) is 0. The Labute approximate surface area is 110 Å². The van der Waals surface area contributed by atoms with Crippen LogP contribution in [0.1, 0.15) is 0 Å². The highest BCUT2D eigenvalue weighted by Crippen LogP contribution is 2.11. The highest BCUT2D eigenvalue weighted by molar-refractivity contribution is 7.13. The zero-order valence-electron chi connectivity index (χ0n) is 9.10. The van der Waals surface area contributed by atoms with E-state index in [1.165, 1.54) is 18.1 Å². The SMILES string of the molecule is C=c1cc/c(=c2/cc/c(=c3/ccc(=C)s3)s2)s1. The third kappa shape index (κ3) is 2.14. The summed E-state index contributed by atoms with van der Waals surface area (Å²) in [7, 11) is 0. The molecule has 3 aromatic heterocycles. The van der Waals surface area contributed by atoms with Gasteiger partial charge in [-0.1, -0.05) is 13.2 Å². The molecule has 3 heterocycles. The Kier molecular flexibility index (Phi) is 2.74. The molecule has 0 nitrogen and oxygen atoms in total. The Hall–Kier alpha value is -1.16. The third-order valence-electron chi connectivity index (χ3n) is 2.42. The normalized spacial score (nSPS) is 15.1. The number of hydrogen-bond donors (Lipinski definition) is 0. The molecule has 0 aliphatic rings. The van der Waals surface area contributed by atoms with Gasteiger partial charge in [-0.15, -0.1) is 34.0 Å². The Morgan fingerprint density at radius 2 is 0.882 bits per heavy atom. The topological polar surface area (TPSA) is 0 Å². The van der Waals surface area contributed by atoms with Gasteiger partial charge in [0.05, 0.1) is 0 Å². The van der Waals surface area contributed by atoms with Gasteiger partial charge in [-0.25, -0.2) is 0 Å². The zero-order chi connectivity index (χ0) is 11.8. The Bertz CT molecular complexity index is 848. The molecule has 0 radical (unpaired) electrons. The summed E-state index contributed by atoms with van der Waals surface area (Å²) >= 11 is 5.32. The predicted octanol–water partition coefficient (Wildman–Crippen LogP) is 3.27. The molecule has 0 bridgehead atoms. The summed E-state index contributed by atoms with van der Waals surface area (Å²) in [6.45, 7) is 7.90. The molecule has 0 atom stereocenters. The first kappa shape index (κ1) is 11.0. The molecule has 17 heavy (non-hydrogen) atoms. The molecule has 0 unspecified atom stereocenters. The van der Waals surface area contributed by atoms with Crippen molar-refractivity contribution in [3.63, 3.8) is 0 Å². The van der Waals surface area contributed by atoms with Gasteiger partial charge < -0.3 is 0 Å². The molecule has 84 valence electrons. The summed E-state index contributed by atoms with van der Waals surface area (Å²) in [5.41, 5.74) is 0. The second-order valence-corrected chi connectivity index (χ2v) is 7.12. The highest BCUT2D eigenvalue weighted by atomic mass is 32.1. The summed E-state index contributed by atoms with van der Waals surface area (Å²) in [4.78, 5) is 0. The second-order valence-electron chi connectivity index (χ2n) is 3.70. The summed E-state index contributed by atoms with van der Waals surface area (Å²) in [6, 6.07) is 12.8. The average molecular weight is 274 g/mol. The van der Waals surface area contributed by atoms with Crippen LogP contribution < -0.4 is 9.06 Å². The Morgan fingerprint density at radius 1 is 0.529 bits per heavy atom. The molecule has 0 aliphatic carbocycles. The minimum absolute atomic E-state index is 1.12. The van der Waals surface area contributed by atoms with Crippen molar-refractivity contribution in [1.29, 1.82) is 0 Å². The van der Waals surface area contributed by atoms with Crippen molar-refractivity contribution in [2.45, 2.75) is 0 Å². The van der Waals surface area contributed by atoms with Crippen LogP contribution in [0.15, 0.2) is 36.4 Å². The first-order valence-corrected chi connectivity index (χ1v) is 7.61. The van der Waals surface area contributed by atoms with Crippen LogP contribution in [-0.4, -0.2) is 0 Å². The molecule has 3 rings (SSSR count). The van der Waals surface area contributed by atoms with E-state index in [0.717, 1.165) is 9.06 Å². The molecular formula is C14H10S3. The first-order valence-electron chi connectivity index (χ1n) is 5.16. The molecule has 0 fully saturated rings. The molecule has 0 amide bonds. The van der Waals surface area contributed by atoms with Gasteiger partial charge in [-0.05, 0) is 36.4 Å².